The molecule has 1 aliphatic rings. The second-order valence-electron chi connectivity index (χ2n) is 5.28. The van der Waals surface area contributed by atoms with E-state index in [0.717, 1.165) is 5.56 Å². The van der Waals surface area contributed by atoms with E-state index in [1.54, 1.807) is 33.3 Å². The summed E-state index contributed by atoms with van der Waals surface area (Å²) in [6.07, 6.45) is 0. The molecule has 8 heteroatoms. The first kappa shape index (κ1) is 19.1. The number of hydrogen-bond donors (Lipinski definition) is 2. The third kappa shape index (κ3) is 4.24. The zero-order valence-electron chi connectivity index (χ0n) is 14.3. The van der Waals surface area contributed by atoms with Crippen molar-refractivity contribution in [2.75, 3.05) is 26.7 Å². The van der Waals surface area contributed by atoms with E-state index in [1.165, 1.54) is 0 Å². The lowest BCUT2D eigenvalue weighted by Gasteiger charge is -2.29. The fourth-order valence-corrected chi connectivity index (χ4v) is 2.88. The minimum absolute atomic E-state index is 0.0147. The Morgan fingerprint density at radius 2 is 2.08 bits per heavy atom. The van der Waals surface area contributed by atoms with Crippen LogP contribution in [0.4, 0.5) is 4.79 Å². The van der Waals surface area contributed by atoms with Crippen LogP contribution in [-0.2, 0) is 20.9 Å². The SMILES string of the molecule is CCOC(=O)C1=C(CCl)NC(=O)N[C@@H]1c1ccc(OC)c(COC)c1. The maximum absolute atomic E-state index is 12.4. The van der Waals surface area contributed by atoms with Gasteiger partial charge in [-0.25, -0.2) is 9.59 Å². The number of ether oxygens (including phenoxy) is 3. The summed E-state index contributed by atoms with van der Waals surface area (Å²) in [5.74, 6) is 0.115. The van der Waals surface area contributed by atoms with Gasteiger partial charge in [-0.2, -0.15) is 0 Å². The molecule has 0 spiro atoms. The number of carbonyl (C=O) groups is 2. The minimum atomic E-state index is -0.678. The third-order valence-electron chi connectivity index (χ3n) is 3.72. The van der Waals surface area contributed by atoms with Crippen LogP contribution in [0.5, 0.6) is 5.75 Å². The summed E-state index contributed by atoms with van der Waals surface area (Å²) >= 11 is 5.92. The van der Waals surface area contributed by atoms with Crippen LogP contribution < -0.4 is 15.4 Å². The van der Waals surface area contributed by atoms with E-state index in [2.05, 4.69) is 10.6 Å². The molecule has 1 aromatic carbocycles. The monoisotopic (exact) mass is 368 g/mol. The molecule has 136 valence electrons. The number of urea groups is 1. The van der Waals surface area contributed by atoms with Crippen LogP contribution in [-0.4, -0.2) is 38.7 Å². The van der Waals surface area contributed by atoms with Gasteiger partial charge < -0.3 is 24.8 Å². The van der Waals surface area contributed by atoms with Crippen molar-refractivity contribution in [3.63, 3.8) is 0 Å². The van der Waals surface area contributed by atoms with Crippen molar-refractivity contribution >= 4 is 23.6 Å². The minimum Gasteiger partial charge on any atom is -0.496 e. The normalized spacial score (nSPS) is 17.0. The summed E-state index contributed by atoms with van der Waals surface area (Å²) in [6.45, 7) is 2.26. The molecular weight excluding hydrogens is 348 g/mol. The molecule has 2 amide bonds. The van der Waals surface area contributed by atoms with Crippen LogP contribution in [0.15, 0.2) is 29.5 Å². The van der Waals surface area contributed by atoms with Gasteiger partial charge in [0.05, 0.1) is 37.8 Å². The van der Waals surface area contributed by atoms with Crippen LogP contribution in [0.25, 0.3) is 0 Å². The second kappa shape index (κ2) is 8.73. The molecule has 1 atom stereocenters. The fourth-order valence-electron chi connectivity index (χ4n) is 2.67. The number of alkyl halides is 1. The summed E-state index contributed by atoms with van der Waals surface area (Å²) < 4.78 is 15.6. The van der Waals surface area contributed by atoms with Crippen LogP contribution in [0, 0.1) is 0 Å². The Morgan fingerprint density at radius 1 is 1.32 bits per heavy atom. The van der Waals surface area contributed by atoms with Gasteiger partial charge >= 0.3 is 12.0 Å². The van der Waals surface area contributed by atoms with Crippen molar-refractivity contribution in [1.82, 2.24) is 10.6 Å². The zero-order chi connectivity index (χ0) is 18.4. The van der Waals surface area contributed by atoms with E-state index >= 15 is 0 Å². The number of carbonyl (C=O) groups excluding carboxylic acids is 2. The Morgan fingerprint density at radius 3 is 2.68 bits per heavy atom. The van der Waals surface area contributed by atoms with Gasteiger partial charge in [-0.3, -0.25) is 0 Å². The molecule has 0 saturated carbocycles. The Labute approximate surface area is 151 Å². The van der Waals surface area contributed by atoms with Gasteiger partial charge in [0.1, 0.15) is 5.75 Å². The largest absolute Gasteiger partial charge is 0.496 e. The molecule has 2 rings (SSSR count). The Hall–Kier alpha value is -2.25. The van der Waals surface area contributed by atoms with Crippen molar-refractivity contribution in [2.45, 2.75) is 19.6 Å². The van der Waals surface area contributed by atoms with E-state index in [9.17, 15) is 9.59 Å². The van der Waals surface area contributed by atoms with Crippen LogP contribution in [0.1, 0.15) is 24.1 Å². The number of benzene rings is 1. The third-order valence-corrected chi connectivity index (χ3v) is 3.99. The van der Waals surface area contributed by atoms with E-state index in [0.29, 0.717) is 23.6 Å². The number of esters is 1. The van der Waals surface area contributed by atoms with Gasteiger partial charge in [-0.05, 0) is 24.6 Å². The van der Waals surface area contributed by atoms with Crippen molar-refractivity contribution in [3.8, 4) is 5.75 Å². The van der Waals surface area contributed by atoms with E-state index in [4.69, 9.17) is 25.8 Å². The molecule has 0 saturated heterocycles. The summed E-state index contributed by atoms with van der Waals surface area (Å²) in [7, 11) is 3.14. The van der Waals surface area contributed by atoms with Gasteiger partial charge in [-0.15, -0.1) is 11.6 Å². The van der Waals surface area contributed by atoms with Crippen LogP contribution >= 0.6 is 11.6 Å². The highest BCUT2D eigenvalue weighted by Crippen LogP contribution is 2.31. The Balaban J connectivity index is 2.51. The molecule has 0 bridgehead atoms. The zero-order valence-corrected chi connectivity index (χ0v) is 15.1. The highest BCUT2D eigenvalue weighted by molar-refractivity contribution is 6.20. The number of methoxy groups -OCH3 is 2. The molecule has 0 fully saturated rings. The number of nitrogens with one attached hydrogen (secondary N) is 2. The fraction of sp³-hybridized carbons (Fsp3) is 0.412. The average Bonchev–Trinajstić information content (AvgIpc) is 2.61. The Kier molecular flexibility index (Phi) is 6.66. The van der Waals surface area contributed by atoms with E-state index in [1.807, 2.05) is 6.07 Å². The predicted octanol–water partition coefficient (Wildman–Crippen LogP) is 2.25. The topological polar surface area (TPSA) is 85.9 Å². The van der Waals surface area contributed by atoms with Crippen molar-refractivity contribution in [1.29, 1.82) is 0 Å². The summed E-state index contributed by atoms with van der Waals surface area (Å²) in [5.41, 5.74) is 2.11. The van der Waals surface area contributed by atoms with Crippen LogP contribution in [0.2, 0.25) is 0 Å². The van der Waals surface area contributed by atoms with Gasteiger partial charge in [-0.1, -0.05) is 6.07 Å². The number of hydrogen-bond acceptors (Lipinski definition) is 5. The predicted molar refractivity (Wildman–Crippen MR) is 92.5 cm³/mol. The van der Waals surface area contributed by atoms with E-state index in [-0.39, 0.29) is 18.1 Å². The lowest BCUT2D eigenvalue weighted by atomic mass is 9.94. The first-order valence-corrected chi connectivity index (χ1v) is 8.28. The molecule has 1 heterocycles. The maximum atomic E-state index is 12.4. The Bertz CT molecular complexity index is 690. The summed E-state index contributed by atoms with van der Waals surface area (Å²) in [6, 6.07) is 4.25. The van der Waals surface area contributed by atoms with Crippen molar-refractivity contribution in [3.05, 3.63) is 40.6 Å². The van der Waals surface area contributed by atoms with Gasteiger partial charge in [0.15, 0.2) is 0 Å². The molecule has 7 nitrogen and oxygen atoms in total. The lowest BCUT2D eigenvalue weighted by Crippen LogP contribution is -2.46. The van der Waals surface area contributed by atoms with Gasteiger partial charge in [0.25, 0.3) is 0 Å². The molecule has 0 radical (unpaired) electrons. The van der Waals surface area contributed by atoms with Gasteiger partial charge in [0, 0.05) is 18.4 Å². The number of rotatable bonds is 7. The molecule has 1 aromatic rings. The van der Waals surface area contributed by atoms with Gasteiger partial charge in [0.2, 0.25) is 0 Å². The molecule has 0 unspecified atom stereocenters. The number of halogens is 1. The molecular formula is C17H21ClN2O5. The van der Waals surface area contributed by atoms with Crippen molar-refractivity contribution in [2.24, 2.45) is 0 Å². The first-order chi connectivity index (χ1) is 12.0. The average molecular weight is 369 g/mol. The standard InChI is InChI=1S/C17H21ClN2O5/c1-4-25-16(21)14-12(8-18)19-17(22)20-15(14)10-5-6-13(24-3)11(7-10)9-23-2/h5-7,15H,4,8-9H2,1-3H3,(H2,19,20,22)/t15-/m1/s1. The van der Waals surface area contributed by atoms with Crippen LogP contribution in [0.3, 0.4) is 0 Å². The number of allylic oxidation sites excluding steroid dienone is 1. The smallest absolute Gasteiger partial charge is 0.338 e. The second-order valence-corrected chi connectivity index (χ2v) is 5.55. The molecule has 0 aliphatic carbocycles. The molecule has 25 heavy (non-hydrogen) atoms. The summed E-state index contributed by atoms with van der Waals surface area (Å²) in [5, 5.41) is 5.31. The highest BCUT2D eigenvalue weighted by Gasteiger charge is 2.33. The first-order valence-electron chi connectivity index (χ1n) is 7.75. The lowest BCUT2D eigenvalue weighted by molar-refractivity contribution is -0.139. The maximum Gasteiger partial charge on any atom is 0.338 e. The van der Waals surface area contributed by atoms with Crippen molar-refractivity contribution < 1.29 is 23.8 Å². The quantitative estimate of drug-likeness (QED) is 0.569. The van der Waals surface area contributed by atoms with E-state index < -0.39 is 18.0 Å². The number of amides is 2. The molecule has 0 aromatic heterocycles. The highest BCUT2D eigenvalue weighted by atomic mass is 35.5. The molecule has 2 N–H and O–H groups in total. The summed E-state index contributed by atoms with van der Waals surface area (Å²) in [4.78, 5) is 24.4. The molecule has 1 aliphatic heterocycles.